The lowest BCUT2D eigenvalue weighted by atomic mass is 9.75. The van der Waals surface area contributed by atoms with Crippen LogP contribution in [0.1, 0.15) is 49.0 Å². The van der Waals surface area contributed by atoms with Gasteiger partial charge in [-0.05, 0) is 32.6 Å². The Morgan fingerprint density at radius 1 is 1.65 bits per heavy atom. The van der Waals surface area contributed by atoms with Gasteiger partial charge < -0.3 is 10.4 Å². The summed E-state index contributed by atoms with van der Waals surface area (Å²) in [6, 6.07) is -0.595. The number of thiazole rings is 1. The second kappa shape index (κ2) is 5.37. The van der Waals surface area contributed by atoms with Crippen LogP contribution in [0.2, 0.25) is 0 Å². The van der Waals surface area contributed by atoms with E-state index in [1.54, 1.807) is 13.1 Å². The van der Waals surface area contributed by atoms with Gasteiger partial charge >= 0.3 is 5.92 Å². The van der Waals surface area contributed by atoms with E-state index in [1.165, 1.54) is 11.3 Å². The lowest BCUT2D eigenvalue weighted by Crippen LogP contribution is -2.60. The molecule has 1 aliphatic rings. The third-order valence-corrected chi connectivity index (χ3v) is 5.01. The van der Waals surface area contributed by atoms with Gasteiger partial charge in [0.25, 0.3) is 5.91 Å². The van der Waals surface area contributed by atoms with Crippen LogP contribution in [0.3, 0.4) is 0 Å². The number of nitrogens with zero attached hydrogens (tertiary/aromatic N) is 1. The van der Waals surface area contributed by atoms with Crippen LogP contribution < -0.4 is 5.32 Å². The molecule has 1 aromatic rings. The van der Waals surface area contributed by atoms with E-state index in [2.05, 4.69) is 10.3 Å². The molecule has 2 rings (SSSR count). The Kier molecular flexibility index (Phi) is 4.11. The zero-order valence-electron chi connectivity index (χ0n) is 11.4. The predicted octanol–water partition coefficient (Wildman–Crippen LogP) is 2.43. The van der Waals surface area contributed by atoms with Gasteiger partial charge in [-0.1, -0.05) is 6.92 Å². The highest BCUT2D eigenvalue weighted by Gasteiger charge is 2.61. The lowest BCUT2D eigenvalue weighted by Gasteiger charge is -2.41. The maximum absolute atomic E-state index is 13.9. The molecule has 1 heterocycles. The van der Waals surface area contributed by atoms with E-state index in [-0.39, 0.29) is 12.8 Å². The first-order valence-corrected chi connectivity index (χ1v) is 7.47. The Balaban J connectivity index is 2.03. The van der Waals surface area contributed by atoms with Gasteiger partial charge in [0.05, 0.1) is 6.04 Å². The van der Waals surface area contributed by atoms with Crippen molar-refractivity contribution in [2.75, 3.05) is 0 Å². The van der Waals surface area contributed by atoms with Gasteiger partial charge in [0.2, 0.25) is 0 Å². The van der Waals surface area contributed by atoms with Crippen LogP contribution >= 0.6 is 11.3 Å². The first-order valence-electron chi connectivity index (χ1n) is 6.66. The minimum Gasteiger partial charge on any atom is -0.383 e. The van der Waals surface area contributed by atoms with Crippen LogP contribution in [0.15, 0.2) is 6.20 Å². The third-order valence-electron chi connectivity index (χ3n) is 3.69. The molecule has 0 spiro atoms. The molecule has 0 saturated heterocycles. The van der Waals surface area contributed by atoms with Gasteiger partial charge in [0.15, 0.2) is 0 Å². The number of amides is 1. The van der Waals surface area contributed by atoms with Gasteiger partial charge in [-0.2, -0.15) is 8.78 Å². The summed E-state index contributed by atoms with van der Waals surface area (Å²) in [4.78, 5) is 16.9. The topological polar surface area (TPSA) is 62.2 Å². The summed E-state index contributed by atoms with van der Waals surface area (Å²) >= 11 is 1.39. The number of carbonyl (C=O) groups excluding carboxylic acids is 1. The lowest BCUT2D eigenvalue weighted by molar-refractivity contribution is -0.216. The first-order chi connectivity index (χ1) is 9.30. The van der Waals surface area contributed by atoms with Crippen molar-refractivity contribution in [1.29, 1.82) is 0 Å². The van der Waals surface area contributed by atoms with Gasteiger partial charge in [0.1, 0.15) is 10.6 Å². The molecule has 1 fully saturated rings. The number of nitrogens with one attached hydrogen (secondary N) is 1. The highest BCUT2D eigenvalue weighted by atomic mass is 32.1. The molecule has 0 bridgehead atoms. The van der Waals surface area contributed by atoms with Crippen molar-refractivity contribution >= 4 is 17.2 Å². The van der Waals surface area contributed by atoms with E-state index in [4.69, 9.17) is 0 Å². The molecule has 1 aliphatic carbocycles. The zero-order valence-corrected chi connectivity index (χ0v) is 12.3. The van der Waals surface area contributed by atoms with Crippen molar-refractivity contribution in [3.63, 3.8) is 0 Å². The van der Waals surface area contributed by atoms with Crippen molar-refractivity contribution < 1.29 is 18.7 Å². The quantitative estimate of drug-likeness (QED) is 0.878. The number of aliphatic hydroxyl groups is 1. The number of rotatable bonds is 5. The highest BCUT2D eigenvalue weighted by Crippen LogP contribution is 2.44. The maximum atomic E-state index is 13.9. The van der Waals surface area contributed by atoms with Crippen molar-refractivity contribution in [1.82, 2.24) is 10.3 Å². The molecular formula is C13H18F2N2O2S. The molecule has 0 aromatic carbocycles. The summed E-state index contributed by atoms with van der Waals surface area (Å²) in [5.74, 6) is -5.19. The predicted molar refractivity (Wildman–Crippen MR) is 71.8 cm³/mol. The van der Waals surface area contributed by atoms with Gasteiger partial charge in [0, 0.05) is 11.1 Å². The number of aryl methyl sites for hydroxylation is 1. The Morgan fingerprint density at radius 3 is 2.75 bits per heavy atom. The molecule has 20 heavy (non-hydrogen) atoms. The molecule has 4 nitrogen and oxygen atoms in total. The fourth-order valence-electron chi connectivity index (χ4n) is 2.07. The Morgan fingerprint density at radius 2 is 2.30 bits per heavy atom. The van der Waals surface area contributed by atoms with E-state index < -0.39 is 23.5 Å². The Hall–Kier alpha value is -1.08. The molecule has 7 heteroatoms. The number of hydrogen-bond donors (Lipinski definition) is 2. The highest BCUT2D eigenvalue weighted by molar-refractivity contribution is 7.11. The molecule has 0 radical (unpaired) electrons. The summed E-state index contributed by atoms with van der Waals surface area (Å²) in [6.07, 6.45) is 2.92. The van der Waals surface area contributed by atoms with Gasteiger partial charge in [-0.25, -0.2) is 4.98 Å². The summed E-state index contributed by atoms with van der Waals surface area (Å²) in [6.45, 7) is 3.58. The fraction of sp³-hybridized carbons (Fsp3) is 0.692. The van der Waals surface area contributed by atoms with E-state index in [0.717, 1.165) is 11.3 Å². The Bertz CT molecular complexity index is 500. The van der Waals surface area contributed by atoms with Crippen LogP contribution in [-0.4, -0.2) is 27.5 Å². The van der Waals surface area contributed by atoms with Crippen molar-refractivity contribution in [3.05, 3.63) is 16.1 Å². The molecule has 1 atom stereocenters. The second-order valence-electron chi connectivity index (χ2n) is 5.17. The average molecular weight is 304 g/mol. The Labute approximate surface area is 120 Å². The number of aromatic nitrogens is 1. The summed E-state index contributed by atoms with van der Waals surface area (Å²) in [5, 5.41) is 12.5. The third kappa shape index (κ3) is 2.56. The zero-order chi connectivity index (χ0) is 15.0. The van der Waals surface area contributed by atoms with Crippen LogP contribution in [0, 0.1) is 0 Å². The summed E-state index contributed by atoms with van der Waals surface area (Å²) in [5.41, 5.74) is -2.19. The monoisotopic (exact) mass is 304 g/mol. The van der Waals surface area contributed by atoms with Crippen molar-refractivity contribution in [2.45, 2.75) is 57.1 Å². The van der Waals surface area contributed by atoms with E-state index >= 15 is 0 Å². The summed E-state index contributed by atoms with van der Waals surface area (Å²) < 4.78 is 27.8. The standard InChI is InChI=1S/C13H18F2N2O2S/c1-3-9-7-16-10(20-9)8(2)17-11(18)13(14,15)12(19)5-4-6-12/h7-8,19H,3-6H2,1-2H3,(H,17,18). The van der Waals surface area contributed by atoms with E-state index in [1.807, 2.05) is 6.92 Å². The van der Waals surface area contributed by atoms with Crippen LogP contribution in [0.5, 0.6) is 0 Å². The normalized spacial score (nSPS) is 19.2. The molecule has 112 valence electrons. The van der Waals surface area contributed by atoms with Crippen LogP contribution in [0.25, 0.3) is 0 Å². The molecular weight excluding hydrogens is 286 g/mol. The van der Waals surface area contributed by atoms with Gasteiger partial charge in [-0.15, -0.1) is 11.3 Å². The van der Waals surface area contributed by atoms with Crippen LogP contribution in [0.4, 0.5) is 8.78 Å². The average Bonchev–Trinajstić information content (AvgIpc) is 2.84. The molecule has 1 saturated carbocycles. The number of alkyl halides is 2. The summed E-state index contributed by atoms with van der Waals surface area (Å²) in [7, 11) is 0. The minimum atomic E-state index is -3.76. The first kappa shape index (κ1) is 15.3. The maximum Gasteiger partial charge on any atom is 0.352 e. The number of halogens is 2. The second-order valence-corrected chi connectivity index (χ2v) is 6.32. The van der Waals surface area contributed by atoms with Gasteiger partial charge in [-0.3, -0.25) is 4.79 Å². The van der Waals surface area contributed by atoms with Crippen LogP contribution in [-0.2, 0) is 11.2 Å². The minimum absolute atomic E-state index is 0.0426. The number of carbonyl (C=O) groups is 1. The van der Waals surface area contributed by atoms with Crippen molar-refractivity contribution in [3.8, 4) is 0 Å². The van der Waals surface area contributed by atoms with Crippen molar-refractivity contribution in [2.24, 2.45) is 0 Å². The smallest absolute Gasteiger partial charge is 0.352 e. The number of hydrogen-bond acceptors (Lipinski definition) is 4. The molecule has 1 aromatic heterocycles. The molecule has 2 N–H and O–H groups in total. The molecule has 0 aliphatic heterocycles. The SMILES string of the molecule is CCc1cnc(C(C)NC(=O)C(F)(F)C2(O)CCC2)s1. The molecule has 1 amide bonds. The van der Waals surface area contributed by atoms with E-state index in [0.29, 0.717) is 11.4 Å². The van der Waals surface area contributed by atoms with E-state index in [9.17, 15) is 18.7 Å². The molecule has 1 unspecified atom stereocenters. The largest absolute Gasteiger partial charge is 0.383 e. The fourth-order valence-corrected chi connectivity index (χ4v) is 2.93.